The zero-order valence-corrected chi connectivity index (χ0v) is 10.8. The standard InChI is InChI=1S/C12H12BrN3O/c13-9-5-2-1-4-8(9)12-14-10-6-3-7-11(17)16(10)15-12/h1-2,4-5,11,17H,3,6-7H2. The molecule has 0 saturated heterocycles. The van der Waals surface area contributed by atoms with E-state index in [1.165, 1.54) is 0 Å². The van der Waals surface area contributed by atoms with Crippen molar-refractivity contribution in [2.45, 2.75) is 25.5 Å². The Bertz CT molecular complexity index is 552. The van der Waals surface area contributed by atoms with Crippen LogP contribution in [0.2, 0.25) is 0 Å². The van der Waals surface area contributed by atoms with Crippen molar-refractivity contribution in [1.82, 2.24) is 14.8 Å². The first-order chi connectivity index (χ1) is 8.25. The second-order valence-electron chi connectivity index (χ2n) is 4.15. The highest BCUT2D eigenvalue weighted by molar-refractivity contribution is 9.10. The Morgan fingerprint density at radius 3 is 2.94 bits per heavy atom. The van der Waals surface area contributed by atoms with Crippen molar-refractivity contribution in [2.75, 3.05) is 0 Å². The van der Waals surface area contributed by atoms with Crippen molar-refractivity contribution in [3.8, 4) is 11.4 Å². The number of aliphatic hydroxyl groups is 1. The van der Waals surface area contributed by atoms with E-state index in [9.17, 15) is 5.11 Å². The fourth-order valence-electron chi connectivity index (χ4n) is 2.09. The van der Waals surface area contributed by atoms with Gasteiger partial charge in [0, 0.05) is 16.5 Å². The third kappa shape index (κ3) is 1.89. The fraction of sp³-hybridized carbons (Fsp3) is 0.333. The molecular formula is C12H12BrN3O. The van der Waals surface area contributed by atoms with Crippen LogP contribution in [0, 0.1) is 0 Å². The average molecular weight is 294 g/mol. The summed E-state index contributed by atoms with van der Waals surface area (Å²) in [4.78, 5) is 4.49. The predicted molar refractivity (Wildman–Crippen MR) is 67.4 cm³/mol. The molecule has 1 aliphatic heterocycles. The van der Waals surface area contributed by atoms with Crippen LogP contribution in [0.1, 0.15) is 24.9 Å². The monoisotopic (exact) mass is 293 g/mol. The molecule has 0 bridgehead atoms. The Labute approximate surface area is 107 Å². The van der Waals surface area contributed by atoms with Gasteiger partial charge in [-0.3, -0.25) is 0 Å². The number of hydrogen-bond acceptors (Lipinski definition) is 3. The molecule has 0 aliphatic carbocycles. The first kappa shape index (κ1) is 10.9. The first-order valence-electron chi connectivity index (χ1n) is 5.64. The number of aryl methyl sites for hydroxylation is 1. The average Bonchev–Trinajstić information content (AvgIpc) is 2.75. The molecule has 1 atom stereocenters. The summed E-state index contributed by atoms with van der Waals surface area (Å²) in [6, 6.07) is 7.85. The highest BCUT2D eigenvalue weighted by Gasteiger charge is 2.21. The molecule has 88 valence electrons. The van der Waals surface area contributed by atoms with Crippen molar-refractivity contribution in [1.29, 1.82) is 0 Å². The van der Waals surface area contributed by atoms with Gasteiger partial charge in [-0.05, 0) is 25.0 Å². The number of rotatable bonds is 1. The zero-order chi connectivity index (χ0) is 11.8. The van der Waals surface area contributed by atoms with Gasteiger partial charge in [0.1, 0.15) is 12.1 Å². The molecule has 2 aromatic rings. The number of hydrogen-bond donors (Lipinski definition) is 1. The number of aliphatic hydroxyl groups excluding tert-OH is 1. The molecular weight excluding hydrogens is 282 g/mol. The van der Waals surface area contributed by atoms with E-state index >= 15 is 0 Å². The van der Waals surface area contributed by atoms with Gasteiger partial charge >= 0.3 is 0 Å². The maximum absolute atomic E-state index is 9.84. The molecule has 4 nitrogen and oxygen atoms in total. The summed E-state index contributed by atoms with van der Waals surface area (Å²) < 4.78 is 2.61. The van der Waals surface area contributed by atoms with Crippen LogP contribution in [0.15, 0.2) is 28.7 Å². The summed E-state index contributed by atoms with van der Waals surface area (Å²) >= 11 is 3.49. The van der Waals surface area contributed by atoms with E-state index in [1.807, 2.05) is 24.3 Å². The zero-order valence-electron chi connectivity index (χ0n) is 9.17. The van der Waals surface area contributed by atoms with E-state index in [1.54, 1.807) is 4.68 Å². The fourth-order valence-corrected chi connectivity index (χ4v) is 2.55. The second kappa shape index (κ2) is 4.23. The van der Waals surface area contributed by atoms with Crippen LogP contribution in [-0.2, 0) is 6.42 Å². The Balaban J connectivity index is 2.08. The van der Waals surface area contributed by atoms with Crippen molar-refractivity contribution in [3.05, 3.63) is 34.6 Å². The molecule has 3 rings (SSSR count). The van der Waals surface area contributed by atoms with Gasteiger partial charge in [-0.1, -0.05) is 28.1 Å². The summed E-state index contributed by atoms with van der Waals surface area (Å²) in [6.07, 6.45) is 2.08. The Hall–Kier alpha value is -1.20. The molecule has 0 fully saturated rings. The van der Waals surface area contributed by atoms with Gasteiger partial charge in [0.25, 0.3) is 0 Å². The topological polar surface area (TPSA) is 50.9 Å². The second-order valence-corrected chi connectivity index (χ2v) is 5.00. The quantitative estimate of drug-likeness (QED) is 0.879. The Morgan fingerprint density at radius 1 is 1.35 bits per heavy atom. The van der Waals surface area contributed by atoms with Crippen LogP contribution in [0.25, 0.3) is 11.4 Å². The summed E-state index contributed by atoms with van der Waals surface area (Å²) in [7, 11) is 0. The molecule has 0 spiro atoms. The lowest BCUT2D eigenvalue weighted by molar-refractivity contribution is 0.0648. The van der Waals surface area contributed by atoms with Crippen molar-refractivity contribution < 1.29 is 5.11 Å². The van der Waals surface area contributed by atoms with Crippen LogP contribution in [0.3, 0.4) is 0 Å². The Kier molecular flexibility index (Phi) is 2.72. The lowest BCUT2D eigenvalue weighted by Crippen LogP contribution is -2.18. The molecule has 2 heterocycles. The smallest absolute Gasteiger partial charge is 0.182 e. The van der Waals surface area contributed by atoms with E-state index in [0.717, 1.165) is 35.1 Å². The summed E-state index contributed by atoms with van der Waals surface area (Å²) in [5, 5.41) is 14.2. The summed E-state index contributed by atoms with van der Waals surface area (Å²) in [6.45, 7) is 0. The minimum absolute atomic E-state index is 0.525. The van der Waals surface area contributed by atoms with Crippen molar-refractivity contribution in [3.63, 3.8) is 0 Å². The van der Waals surface area contributed by atoms with Crippen molar-refractivity contribution in [2.24, 2.45) is 0 Å². The van der Waals surface area contributed by atoms with E-state index in [0.29, 0.717) is 5.82 Å². The van der Waals surface area contributed by atoms with Gasteiger partial charge in [-0.25, -0.2) is 9.67 Å². The molecule has 0 radical (unpaired) electrons. The molecule has 1 aromatic carbocycles. The largest absolute Gasteiger partial charge is 0.372 e. The van der Waals surface area contributed by atoms with Crippen LogP contribution in [-0.4, -0.2) is 19.9 Å². The van der Waals surface area contributed by atoms with Crippen molar-refractivity contribution >= 4 is 15.9 Å². The number of halogens is 1. The molecule has 1 aliphatic rings. The predicted octanol–water partition coefficient (Wildman–Crippen LogP) is 2.53. The van der Waals surface area contributed by atoms with Gasteiger partial charge < -0.3 is 5.11 Å². The summed E-state index contributed by atoms with van der Waals surface area (Å²) in [5.74, 6) is 1.54. The van der Waals surface area contributed by atoms with Crippen LogP contribution in [0.5, 0.6) is 0 Å². The Morgan fingerprint density at radius 2 is 2.18 bits per heavy atom. The van der Waals surface area contributed by atoms with Crippen LogP contribution in [0.4, 0.5) is 0 Å². The minimum Gasteiger partial charge on any atom is -0.372 e. The summed E-state index contributed by atoms with van der Waals surface area (Å²) in [5.41, 5.74) is 0.960. The normalized spacial score (nSPS) is 19.1. The SMILES string of the molecule is OC1CCCc2nc(-c3ccccc3Br)nn21. The first-order valence-corrected chi connectivity index (χ1v) is 6.43. The highest BCUT2D eigenvalue weighted by Crippen LogP contribution is 2.28. The minimum atomic E-state index is -0.525. The number of fused-ring (bicyclic) bond motifs is 1. The van der Waals surface area contributed by atoms with Gasteiger partial charge in [0.15, 0.2) is 5.82 Å². The molecule has 1 unspecified atom stereocenters. The van der Waals surface area contributed by atoms with E-state index in [-0.39, 0.29) is 0 Å². The highest BCUT2D eigenvalue weighted by atomic mass is 79.9. The number of nitrogens with zero attached hydrogens (tertiary/aromatic N) is 3. The lowest BCUT2D eigenvalue weighted by atomic mass is 10.1. The maximum atomic E-state index is 9.84. The molecule has 5 heteroatoms. The van der Waals surface area contributed by atoms with Gasteiger partial charge in [0.05, 0.1) is 0 Å². The van der Waals surface area contributed by atoms with E-state index < -0.39 is 6.23 Å². The maximum Gasteiger partial charge on any atom is 0.182 e. The van der Waals surface area contributed by atoms with E-state index in [2.05, 4.69) is 26.0 Å². The third-order valence-electron chi connectivity index (χ3n) is 2.96. The molecule has 1 aromatic heterocycles. The molecule has 17 heavy (non-hydrogen) atoms. The van der Waals surface area contributed by atoms with Gasteiger partial charge in [0.2, 0.25) is 0 Å². The van der Waals surface area contributed by atoms with E-state index in [4.69, 9.17) is 0 Å². The number of aromatic nitrogens is 3. The van der Waals surface area contributed by atoms with Crippen LogP contribution < -0.4 is 0 Å². The lowest BCUT2D eigenvalue weighted by Gasteiger charge is -2.17. The van der Waals surface area contributed by atoms with Gasteiger partial charge in [-0.2, -0.15) is 0 Å². The molecule has 0 amide bonds. The van der Waals surface area contributed by atoms with Gasteiger partial charge in [-0.15, -0.1) is 5.10 Å². The number of benzene rings is 1. The third-order valence-corrected chi connectivity index (χ3v) is 3.65. The molecule has 0 saturated carbocycles. The molecule has 1 N–H and O–H groups in total. The van der Waals surface area contributed by atoms with Crippen LogP contribution >= 0.6 is 15.9 Å².